The van der Waals surface area contributed by atoms with Crippen LogP contribution in [0.25, 0.3) is 0 Å². The molecule has 1 aliphatic rings. The molecule has 3 rings (SSSR count). The zero-order valence-corrected chi connectivity index (χ0v) is 15.2. The summed E-state index contributed by atoms with van der Waals surface area (Å²) in [5, 5.41) is 15.7. The number of nitrogens with one attached hydrogen (secondary N) is 1. The van der Waals surface area contributed by atoms with Crippen LogP contribution in [0.2, 0.25) is 0 Å². The lowest BCUT2D eigenvalue weighted by atomic mass is 9.93. The molecule has 0 unspecified atom stereocenters. The number of aryl methyl sites for hydroxylation is 1. The SMILES string of the molecule is COc1cc2c(cc1OC)C(c1ccc([N+](=O)[O-])c(C)c1)=NN[C@H](C)C2. The van der Waals surface area contributed by atoms with Gasteiger partial charge in [0.05, 0.1) is 24.9 Å². The first-order valence-electron chi connectivity index (χ1n) is 8.28. The van der Waals surface area contributed by atoms with E-state index in [1.165, 1.54) is 6.07 Å². The molecule has 26 heavy (non-hydrogen) atoms. The lowest BCUT2D eigenvalue weighted by Crippen LogP contribution is -2.22. The summed E-state index contributed by atoms with van der Waals surface area (Å²) in [5.74, 6) is 1.28. The summed E-state index contributed by atoms with van der Waals surface area (Å²) in [7, 11) is 3.20. The summed E-state index contributed by atoms with van der Waals surface area (Å²) in [6.45, 7) is 3.78. The maximum atomic E-state index is 11.1. The Morgan fingerprint density at radius 1 is 1.19 bits per heavy atom. The largest absolute Gasteiger partial charge is 0.493 e. The first-order chi connectivity index (χ1) is 12.4. The predicted molar refractivity (Wildman–Crippen MR) is 99.3 cm³/mol. The number of nitrogens with zero attached hydrogens (tertiary/aromatic N) is 2. The Balaban J connectivity index is 2.17. The normalized spacial score (nSPS) is 16.0. The van der Waals surface area contributed by atoms with E-state index in [9.17, 15) is 10.1 Å². The number of hydrogen-bond acceptors (Lipinski definition) is 6. The molecular weight excluding hydrogens is 334 g/mol. The molecule has 2 aromatic rings. The molecule has 0 aromatic heterocycles. The molecule has 0 fully saturated rings. The Bertz CT molecular complexity index is 893. The zero-order valence-electron chi connectivity index (χ0n) is 15.2. The number of fused-ring (bicyclic) bond motifs is 1. The van der Waals surface area contributed by atoms with Gasteiger partial charge in [-0.1, -0.05) is 0 Å². The van der Waals surface area contributed by atoms with Crippen LogP contribution < -0.4 is 14.9 Å². The van der Waals surface area contributed by atoms with Crippen LogP contribution in [0.1, 0.15) is 29.2 Å². The van der Waals surface area contributed by atoms with Crippen molar-refractivity contribution in [2.75, 3.05) is 14.2 Å². The number of ether oxygens (including phenoxy) is 2. The third kappa shape index (κ3) is 3.20. The third-order valence-corrected chi connectivity index (χ3v) is 4.45. The molecule has 7 nitrogen and oxygen atoms in total. The van der Waals surface area contributed by atoms with E-state index in [2.05, 4.69) is 10.5 Å². The second-order valence-corrected chi connectivity index (χ2v) is 6.32. The van der Waals surface area contributed by atoms with Crippen molar-refractivity contribution in [1.82, 2.24) is 5.43 Å². The molecule has 7 heteroatoms. The summed E-state index contributed by atoms with van der Waals surface area (Å²) >= 11 is 0. The quantitative estimate of drug-likeness (QED) is 0.672. The van der Waals surface area contributed by atoms with Gasteiger partial charge in [-0.2, -0.15) is 5.10 Å². The Labute approximate surface area is 151 Å². The fraction of sp³-hybridized carbons (Fsp3) is 0.316. The first kappa shape index (κ1) is 17.7. The van der Waals surface area contributed by atoms with Crippen molar-refractivity contribution in [3.05, 3.63) is 62.7 Å². The average Bonchev–Trinajstić information content (AvgIpc) is 2.77. The van der Waals surface area contributed by atoms with E-state index in [-0.39, 0.29) is 16.7 Å². The summed E-state index contributed by atoms with van der Waals surface area (Å²) in [6.07, 6.45) is 0.772. The van der Waals surface area contributed by atoms with Gasteiger partial charge in [-0.3, -0.25) is 10.1 Å². The summed E-state index contributed by atoms with van der Waals surface area (Å²) in [6, 6.07) is 9.04. The van der Waals surface area contributed by atoms with Crippen LogP contribution in [0, 0.1) is 17.0 Å². The highest BCUT2D eigenvalue weighted by Gasteiger charge is 2.22. The average molecular weight is 355 g/mol. The molecule has 0 bridgehead atoms. The molecule has 2 aromatic carbocycles. The number of rotatable bonds is 4. The Kier molecular flexibility index (Phi) is 4.79. The summed E-state index contributed by atoms with van der Waals surface area (Å²) in [4.78, 5) is 10.7. The van der Waals surface area contributed by atoms with Crippen LogP contribution in [0.15, 0.2) is 35.4 Å². The molecule has 1 atom stereocenters. The van der Waals surface area contributed by atoms with Crippen molar-refractivity contribution >= 4 is 11.4 Å². The van der Waals surface area contributed by atoms with Crippen molar-refractivity contribution in [3.8, 4) is 11.5 Å². The topological polar surface area (TPSA) is 86.0 Å². The highest BCUT2D eigenvalue weighted by molar-refractivity contribution is 6.14. The lowest BCUT2D eigenvalue weighted by Gasteiger charge is -2.15. The molecule has 0 aliphatic carbocycles. The van der Waals surface area contributed by atoms with Gasteiger partial charge in [0, 0.05) is 28.8 Å². The van der Waals surface area contributed by atoms with Crippen molar-refractivity contribution < 1.29 is 14.4 Å². The van der Waals surface area contributed by atoms with E-state index in [1.807, 2.05) is 19.1 Å². The minimum atomic E-state index is -0.379. The van der Waals surface area contributed by atoms with Gasteiger partial charge in [0.15, 0.2) is 11.5 Å². The minimum absolute atomic E-state index is 0.0943. The van der Waals surface area contributed by atoms with Gasteiger partial charge in [0.2, 0.25) is 0 Å². The van der Waals surface area contributed by atoms with Crippen molar-refractivity contribution in [2.45, 2.75) is 26.3 Å². The van der Waals surface area contributed by atoms with E-state index >= 15 is 0 Å². The van der Waals surface area contributed by atoms with Gasteiger partial charge in [-0.15, -0.1) is 0 Å². The van der Waals surface area contributed by atoms with Crippen LogP contribution in [-0.2, 0) is 6.42 Å². The fourth-order valence-corrected chi connectivity index (χ4v) is 3.15. The minimum Gasteiger partial charge on any atom is -0.493 e. The highest BCUT2D eigenvalue weighted by Crippen LogP contribution is 2.33. The van der Waals surface area contributed by atoms with Crippen molar-refractivity contribution in [2.24, 2.45) is 5.10 Å². The number of hydrogen-bond donors (Lipinski definition) is 1. The van der Waals surface area contributed by atoms with Crippen LogP contribution in [-0.4, -0.2) is 30.9 Å². The molecule has 0 saturated heterocycles. The van der Waals surface area contributed by atoms with Crippen LogP contribution >= 0.6 is 0 Å². The van der Waals surface area contributed by atoms with E-state index in [1.54, 1.807) is 33.3 Å². The fourth-order valence-electron chi connectivity index (χ4n) is 3.15. The first-order valence-corrected chi connectivity index (χ1v) is 8.28. The molecule has 1 aliphatic heterocycles. The molecule has 0 spiro atoms. The van der Waals surface area contributed by atoms with Gasteiger partial charge in [0.25, 0.3) is 5.69 Å². The van der Waals surface area contributed by atoms with E-state index < -0.39 is 0 Å². The second-order valence-electron chi connectivity index (χ2n) is 6.32. The summed E-state index contributed by atoms with van der Waals surface area (Å²) in [5.41, 5.74) is 7.37. The molecular formula is C19H21N3O4. The Hall–Kier alpha value is -3.09. The van der Waals surface area contributed by atoms with Gasteiger partial charge in [-0.25, -0.2) is 0 Å². The standard InChI is InChI=1S/C19H21N3O4/c1-11-7-13(5-6-16(11)22(23)24)19-15-10-18(26-4)17(25-3)9-14(15)8-12(2)20-21-19/h5-7,9-10,12,20H,8H2,1-4H3/t12-/m1/s1. The van der Waals surface area contributed by atoms with Gasteiger partial charge >= 0.3 is 0 Å². The zero-order chi connectivity index (χ0) is 18.8. The lowest BCUT2D eigenvalue weighted by molar-refractivity contribution is -0.385. The van der Waals surface area contributed by atoms with Crippen LogP contribution in [0.5, 0.6) is 11.5 Å². The maximum Gasteiger partial charge on any atom is 0.272 e. The molecule has 1 N–H and O–H groups in total. The number of nitro groups is 1. The third-order valence-electron chi connectivity index (χ3n) is 4.45. The van der Waals surface area contributed by atoms with Crippen LogP contribution in [0.4, 0.5) is 5.69 Å². The number of nitro benzene ring substituents is 1. The van der Waals surface area contributed by atoms with E-state index in [0.717, 1.165) is 28.8 Å². The predicted octanol–water partition coefficient (Wildman–Crippen LogP) is 3.21. The number of benzene rings is 2. The Morgan fingerprint density at radius 3 is 2.50 bits per heavy atom. The van der Waals surface area contributed by atoms with E-state index in [0.29, 0.717) is 17.1 Å². The summed E-state index contributed by atoms with van der Waals surface area (Å²) < 4.78 is 10.9. The van der Waals surface area contributed by atoms with Gasteiger partial charge in [0.1, 0.15) is 0 Å². The van der Waals surface area contributed by atoms with Gasteiger partial charge < -0.3 is 14.9 Å². The van der Waals surface area contributed by atoms with Crippen LogP contribution in [0.3, 0.4) is 0 Å². The smallest absolute Gasteiger partial charge is 0.272 e. The number of hydrazone groups is 1. The van der Waals surface area contributed by atoms with E-state index in [4.69, 9.17) is 9.47 Å². The number of methoxy groups -OCH3 is 2. The molecule has 1 heterocycles. The van der Waals surface area contributed by atoms with Crippen molar-refractivity contribution in [3.63, 3.8) is 0 Å². The maximum absolute atomic E-state index is 11.1. The van der Waals surface area contributed by atoms with Crippen molar-refractivity contribution in [1.29, 1.82) is 0 Å². The highest BCUT2D eigenvalue weighted by atomic mass is 16.6. The molecule has 136 valence electrons. The second kappa shape index (κ2) is 7.03. The van der Waals surface area contributed by atoms with Gasteiger partial charge in [-0.05, 0) is 50.1 Å². The molecule has 0 saturated carbocycles. The Morgan fingerprint density at radius 2 is 1.88 bits per heavy atom. The molecule has 0 amide bonds. The monoisotopic (exact) mass is 355 g/mol. The molecule has 0 radical (unpaired) electrons.